The maximum atomic E-state index is 13.7. The molecule has 0 aliphatic carbocycles. The third-order valence-electron chi connectivity index (χ3n) is 3.94. The molecular formula is C17H17FN8O. The van der Waals surface area contributed by atoms with Crippen molar-refractivity contribution in [3.05, 3.63) is 42.2 Å². The number of anilines is 1. The van der Waals surface area contributed by atoms with Gasteiger partial charge in [0.2, 0.25) is 0 Å². The van der Waals surface area contributed by atoms with Gasteiger partial charge in [-0.3, -0.25) is 9.67 Å². The van der Waals surface area contributed by atoms with E-state index in [1.54, 1.807) is 10.9 Å². The Morgan fingerprint density at radius 2 is 2.04 bits per heavy atom. The molecule has 0 aromatic carbocycles. The number of rotatable bonds is 5. The average Bonchev–Trinajstić information content (AvgIpc) is 3.20. The van der Waals surface area contributed by atoms with Crippen LogP contribution in [-0.4, -0.2) is 40.9 Å². The van der Waals surface area contributed by atoms with E-state index in [0.717, 1.165) is 11.8 Å². The average molecular weight is 368 g/mol. The lowest BCUT2D eigenvalue weighted by atomic mass is 10.2. The minimum absolute atomic E-state index is 0.166. The van der Waals surface area contributed by atoms with E-state index >= 15 is 0 Å². The van der Waals surface area contributed by atoms with Crippen LogP contribution in [0.1, 0.15) is 12.5 Å². The van der Waals surface area contributed by atoms with E-state index in [9.17, 15) is 4.39 Å². The fourth-order valence-electron chi connectivity index (χ4n) is 2.84. The number of hydrogen-bond acceptors (Lipinski definition) is 7. The van der Waals surface area contributed by atoms with Crippen molar-refractivity contribution in [1.29, 1.82) is 0 Å². The topological polar surface area (TPSA) is 110 Å². The van der Waals surface area contributed by atoms with Crippen LogP contribution in [0.2, 0.25) is 0 Å². The van der Waals surface area contributed by atoms with Crippen LogP contribution in [0.3, 0.4) is 0 Å². The molecule has 0 bridgehead atoms. The van der Waals surface area contributed by atoms with Gasteiger partial charge in [-0.1, -0.05) is 0 Å². The normalized spacial score (nSPS) is 11.2. The zero-order valence-electron chi connectivity index (χ0n) is 14.8. The molecule has 4 aromatic rings. The monoisotopic (exact) mass is 368 g/mol. The van der Waals surface area contributed by atoms with Gasteiger partial charge in [0.05, 0.1) is 25.5 Å². The Morgan fingerprint density at radius 1 is 1.19 bits per heavy atom. The van der Waals surface area contributed by atoms with E-state index in [2.05, 4.69) is 25.0 Å². The van der Waals surface area contributed by atoms with Crippen molar-refractivity contribution in [2.45, 2.75) is 13.5 Å². The Labute approximate surface area is 153 Å². The number of nitrogens with zero attached hydrogens (tertiary/aromatic N) is 7. The maximum absolute atomic E-state index is 13.7. The zero-order valence-corrected chi connectivity index (χ0v) is 14.8. The summed E-state index contributed by atoms with van der Waals surface area (Å²) in [5.41, 5.74) is 8.41. The van der Waals surface area contributed by atoms with E-state index in [-0.39, 0.29) is 11.8 Å². The van der Waals surface area contributed by atoms with Crippen molar-refractivity contribution in [1.82, 2.24) is 34.3 Å². The predicted octanol–water partition coefficient (Wildman–Crippen LogP) is 1.79. The van der Waals surface area contributed by atoms with Gasteiger partial charge in [-0.2, -0.15) is 15.1 Å². The molecule has 0 spiro atoms. The van der Waals surface area contributed by atoms with Gasteiger partial charge in [0.1, 0.15) is 11.6 Å². The molecule has 0 fully saturated rings. The summed E-state index contributed by atoms with van der Waals surface area (Å²) in [5.74, 6) is 0.219. The standard InChI is InChI=1S/C17H17FN8O/c1-3-27-17-23-14(19)13-16(24-17)26(9-10-5-21-25(2)8-10)15(22-13)11-4-12(18)7-20-6-11/h4-8H,3,9H2,1-2H3,(H2,19,23,24). The Balaban J connectivity index is 1.95. The number of halogens is 1. The fourth-order valence-corrected chi connectivity index (χ4v) is 2.84. The summed E-state index contributed by atoms with van der Waals surface area (Å²) in [4.78, 5) is 17.0. The molecule has 0 aliphatic rings. The second-order valence-electron chi connectivity index (χ2n) is 5.93. The number of aryl methyl sites for hydroxylation is 1. The first-order valence-electron chi connectivity index (χ1n) is 8.30. The van der Waals surface area contributed by atoms with E-state index in [4.69, 9.17) is 10.5 Å². The number of pyridine rings is 1. The van der Waals surface area contributed by atoms with Crippen LogP contribution in [-0.2, 0) is 13.6 Å². The van der Waals surface area contributed by atoms with E-state index in [1.807, 2.05) is 24.7 Å². The molecule has 0 atom stereocenters. The molecule has 0 radical (unpaired) electrons. The third kappa shape index (κ3) is 3.16. The van der Waals surface area contributed by atoms with Gasteiger partial charge in [-0.25, -0.2) is 9.37 Å². The molecule has 0 saturated carbocycles. The highest BCUT2D eigenvalue weighted by atomic mass is 19.1. The molecule has 0 saturated heterocycles. The number of imidazole rings is 1. The first kappa shape index (κ1) is 16.9. The second kappa shape index (κ2) is 6.63. The van der Waals surface area contributed by atoms with Crippen LogP contribution >= 0.6 is 0 Å². The molecule has 27 heavy (non-hydrogen) atoms. The van der Waals surface area contributed by atoms with Crippen LogP contribution in [0.5, 0.6) is 6.01 Å². The van der Waals surface area contributed by atoms with Gasteiger partial charge in [0.25, 0.3) is 0 Å². The van der Waals surface area contributed by atoms with Crippen LogP contribution < -0.4 is 10.5 Å². The Morgan fingerprint density at radius 3 is 2.74 bits per heavy atom. The highest BCUT2D eigenvalue weighted by molar-refractivity contribution is 5.85. The quantitative estimate of drug-likeness (QED) is 0.572. The summed E-state index contributed by atoms with van der Waals surface area (Å²) >= 11 is 0. The lowest BCUT2D eigenvalue weighted by Crippen LogP contribution is -2.06. The molecule has 4 rings (SSSR count). The molecule has 10 heteroatoms. The number of nitrogen functional groups attached to an aromatic ring is 1. The van der Waals surface area contributed by atoms with Gasteiger partial charge < -0.3 is 15.0 Å². The number of aromatic nitrogens is 7. The van der Waals surface area contributed by atoms with Crippen molar-refractivity contribution in [2.75, 3.05) is 12.3 Å². The molecule has 138 valence electrons. The maximum Gasteiger partial charge on any atom is 0.320 e. The van der Waals surface area contributed by atoms with Gasteiger partial charge in [0, 0.05) is 30.6 Å². The van der Waals surface area contributed by atoms with Crippen LogP contribution in [0, 0.1) is 5.82 Å². The second-order valence-corrected chi connectivity index (χ2v) is 5.93. The number of nitrogens with two attached hydrogens (primary N) is 1. The van der Waals surface area contributed by atoms with Crippen molar-refractivity contribution in [2.24, 2.45) is 7.05 Å². The minimum Gasteiger partial charge on any atom is -0.464 e. The van der Waals surface area contributed by atoms with Crippen molar-refractivity contribution in [3.8, 4) is 17.4 Å². The van der Waals surface area contributed by atoms with Crippen LogP contribution in [0.25, 0.3) is 22.6 Å². The van der Waals surface area contributed by atoms with Gasteiger partial charge in [0.15, 0.2) is 17.0 Å². The van der Waals surface area contributed by atoms with Crippen molar-refractivity contribution < 1.29 is 9.13 Å². The smallest absolute Gasteiger partial charge is 0.320 e. The summed E-state index contributed by atoms with van der Waals surface area (Å²) in [6.45, 7) is 2.65. The lowest BCUT2D eigenvalue weighted by molar-refractivity contribution is 0.314. The van der Waals surface area contributed by atoms with Crippen LogP contribution in [0.4, 0.5) is 10.2 Å². The van der Waals surface area contributed by atoms with E-state index < -0.39 is 5.82 Å². The SMILES string of the molecule is CCOc1nc(N)c2nc(-c3cncc(F)c3)n(Cc3cnn(C)c3)c2n1. The molecule has 0 amide bonds. The highest BCUT2D eigenvalue weighted by Crippen LogP contribution is 2.28. The van der Waals surface area contributed by atoms with Gasteiger partial charge in [-0.15, -0.1) is 0 Å². The van der Waals surface area contributed by atoms with Gasteiger partial charge >= 0.3 is 6.01 Å². The fraction of sp³-hybridized carbons (Fsp3) is 0.235. The molecular weight excluding hydrogens is 351 g/mol. The summed E-state index contributed by atoms with van der Waals surface area (Å²) in [7, 11) is 1.83. The number of ether oxygens (including phenoxy) is 1. The molecule has 0 unspecified atom stereocenters. The molecule has 4 aromatic heterocycles. The molecule has 9 nitrogen and oxygen atoms in total. The molecule has 4 heterocycles. The first-order chi connectivity index (χ1) is 13.0. The first-order valence-corrected chi connectivity index (χ1v) is 8.30. The summed E-state index contributed by atoms with van der Waals surface area (Å²) in [6.07, 6.45) is 6.30. The van der Waals surface area contributed by atoms with Gasteiger partial charge in [-0.05, 0) is 13.0 Å². The van der Waals surface area contributed by atoms with E-state index in [1.165, 1.54) is 12.3 Å². The zero-order chi connectivity index (χ0) is 19.0. The third-order valence-corrected chi connectivity index (χ3v) is 3.94. The Hall–Kier alpha value is -3.56. The molecule has 0 aliphatic heterocycles. The number of hydrogen-bond donors (Lipinski definition) is 1. The summed E-state index contributed by atoms with van der Waals surface area (Å²) < 4.78 is 22.7. The predicted molar refractivity (Wildman–Crippen MR) is 96.4 cm³/mol. The van der Waals surface area contributed by atoms with E-state index in [0.29, 0.717) is 35.7 Å². The largest absolute Gasteiger partial charge is 0.464 e. The van der Waals surface area contributed by atoms with Crippen molar-refractivity contribution in [3.63, 3.8) is 0 Å². The summed E-state index contributed by atoms with van der Waals surface area (Å²) in [5, 5.41) is 4.19. The Bertz CT molecular complexity index is 1120. The van der Waals surface area contributed by atoms with Crippen LogP contribution in [0.15, 0.2) is 30.9 Å². The lowest BCUT2D eigenvalue weighted by Gasteiger charge is -2.08. The number of fused-ring (bicyclic) bond motifs is 1. The Kier molecular flexibility index (Phi) is 4.15. The summed E-state index contributed by atoms with van der Waals surface area (Å²) in [6, 6.07) is 1.53. The van der Waals surface area contributed by atoms with Crippen molar-refractivity contribution >= 4 is 17.0 Å². The highest BCUT2D eigenvalue weighted by Gasteiger charge is 2.19. The minimum atomic E-state index is -0.457. The molecule has 2 N–H and O–H groups in total.